The quantitative estimate of drug-likeness (QED) is 0.804. The highest BCUT2D eigenvalue weighted by Gasteiger charge is 2.63. The first-order valence-electron chi connectivity index (χ1n) is 6.78. The lowest BCUT2D eigenvalue weighted by atomic mass is 9.97. The lowest BCUT2D eigenvalue weighted by molar-refractivity contribution is 0.457. The van der Waals surface area contributed by atoms with E-state index in [9.17, 15) is 0 Å². The van der Waals surface area contributed by atoms with E-state index < -0.39 is 0 Å². The molecule has 2 N–H and O–H groups in total. The summed E-state index contributed by atoms with van der Waals surface area (Å²) in [6.45, 7) is 2.36. The van der Waals surface area contributed by atoms with Gasteiger partial charge in [-0.3, -0.25) is 5.14 Å². The topological polar surface area (TPSA) is 26.0 Å². The van der Waals surface area contributed by atoms with Crippen LogP contribution in [0.15, 0.2) is 29.2 Å². The maximum atomic E-state index is 5.58. The molecule has 2 atom stereocenters. The zero-order chi connectivity index (χ0) is 11.9. The Morgan fingerprint density at radius 3 is 2.41 bits per heavy atom. The Morgan fingerprint density at radius 2 is 1.88 bits per heavy atom. The molecule has 2 saturated carbocycles. The SMILES string of the molecule is CCC1C(c2ccc(SN)cc2)C12CCCC2. The fourth-order valence-electron chi connectivity index (χ4n) is 4.25. The van der Waals surface area contributed by atoms with Crippen LogP contribution < -0.4 is 5.14 Å². The predicted molar refractivity (Wildman–Crippen MR) is 73.9 cm³/mol. The molecule has 92 valence electrons. The normalized spacial score (nSPS) is 29.8. The van der Waals surface area contributed by atoms with Gasteiger partial charge in [0, 0.05) is 4.90 Å². The van der Waals surface area contributed by atoms with Crippen molar-refractivity contribution in [1.29, 1.82) is 0 Å². The van der Waals surface area contributed by atoms with E-state index in [1.807, 2.05) is 0 Å². The van der Waals surface area contributed by atoms with E-state index in [4.69, 9.17) is 5.14 Å². The van der Waals surface area contributed by atoms with Gasteiger partial charge in [-0.25, -0.2) is 0 Å². The molecule has 0 radical (unpaired) electrons. The zero-order valence-corrected chi connectivity index (χ0v) is 11.3. The Morgan fingerprint density at radius 1 is 1.24 bits per heavy atom. The van der Waals surface area contributed by atoms with Crippen LogP contribution >= 0.6 is 11.9 Å². The number of hydrogen-bond donors (Lipinski definition) is 1. The number of benzene rings is 1. The Hall–Kier alpha value is -0.470. The molecule has 1 spiro atoms. The Balaban J connectivity index is 1.84. The van der Waals surface area contributed by atoms with E-state index >= 15 is 0 Å². The molecule has 0 heterocycles. The number of hydrogen-bond acceptors (Lipinski definition) is 2. The molecule has 2 aliphatic rings. The summed E-state index contributed by atoms with van der Waals surface area (Å²) in [6, 6.07) is 8.95. The molecule has 2 fully saturated rings. The van der Waals surface area contributed by atoms with Gasteiger partial charge in [0.1, 0.15) is 0 Å². The van der Waals surface area contributed by atoms with Crippen molar-refractivity contribution in [3.63, 3.8) is 0 Å². The van der Waals surface area contributed by atoms with Gasteiger partial charge >= 0.3 is 0 Å². The lowest BCUT2D eigenvalue weighted by Crippen LogP contribution is -1.97. The third-order valence-electron chi connectivity index (χ3n) is 5.00. The maximum absolute atomic E-state index is 5.58. The van der Waals surface area contributed by atoms with Crippen LogP contribution in [0, 0.1) is 11.3 Å². The standard InChI is InChI=1S/C15H21NS/c1-2-13-14(15(13)9-3-4-10-15)11-5-7-12(17-16)8-6-11/h5-8,13-14H,2-4,9-10,16H2,1H3. The molecular weight excluding hydrogens is 226 g/mol. The van der Waals surface area contributed by atoms with Crippen LogP contribution in [0.25, 0.3) is 0 Å². The molecule has 0 aliphatic heterocycles. The molecule has 1 aromatic rings. The van der Waals surface area contributed by atoms with Crippen molar-refractivity contribution < 1.29 is 0 Å². The molecule has 2 unspecified atom stereocenters. The molecular formula is C15H21NS. The molecule has 2 aliphatic carbocycles. The third-order valence-corrected chi connectivity index (χ3v) is 5.55. The molecule has 1 nitrogen and oxygen atoms in total. The van der Waals surface area contributed by atoms with Gasteiger partial charge in [-0.2, -0.15) is 0 Å². The van der Waals surface area contributed by atoms with Crippen LogP contribution in [0.3, 0.4) is 0 Å². The van der Waals surface area contributed by atoms with Crippen molar-refractivity contribution in [2.45, 2.75) is 49.8 Å². The minimum Gasteiger partial charge on any atom is -0.274 e. The van der Waals surface area contributed by atoms with Crippen molar-refractivity contribution in [3.8, 4) is 0 Å². The highest BCUT2D eigenvalue weighted by atomic mass is 32.2. The summed E-state index contributed by atoms with van der Waals surface area (Å²) in [4.78, 5) is 1.17. The summed E-state index contributed by atoms with van der Waals surface area (Å²) in [5.41, 5.74) is 2.24. The van der Waals surface area contributed by atoms with Crippen molar-refractivity contribution in [2.75, 3.05) is 0 Å². The fourth-order valence-corrected chi connectivity index (χ4v) is 4.55. The first-order chi connectivity index (χ1) is 8.31. The molecule has 0 bridgehead atoms. The summed E-state index contributed by atoms with van der Waals surface area (Å²) < 4.78 is 0. The summed E-state index contributed by atoms with van der Waals surface area (Å²) in [5, 5.41) is 5.58. The summed E-state index contributed by atoms with van der Waals surface area (Å²) in [6.07, 6.45) is 7.17. The highest BCUT2D eigenvalue weighted by Crippen LogP contribution is 2.73. The average molecular weight is 247 g/mol. The molecule has 17 heavy (non-hydrogen) atoms. The van der Waals surface area contributed by atoms with Crippen molar-refractivity contribution in [3.05, 3.63) is 29.8 Å². The van der Waals surface area contributed by atoms with Gasteiger partial charge in [-0.05, 0) is 59.7 Å². The molecule has 0 saturated heterocycles. The molecule has 0 amide bonds. The van der Waals surface area contributed by atoms with E-state index in [2.05, 4.69) is 31.2 Å². The molecule has 0 aromatic heterocycles. The smallest absolute Gasteiger partial charge is 0.0226 e. The Kier molecular flexibility index (Phi) is 2.95. The van der Waals surface area contributed by atoms with E-state index in [0.29, 0.717) is 5.41 Å². The van der Waals surface area contributed by atoms with Crippen LogP contribution in [0.4, 0.5) is 0 Å². The van der Waals surface area contributed by atoms with E-state index in [1.54, 1.807) is 5.56 Å². The highest BCUT2D eigenvalue weighted by molar-refractivity contribution is 7.97. The van der Waals surface area contributed by atoms with Crippen LogP contribution in [0.5, 0.6) is 0 Å². The van der Waals surface area contributed by atoms with Gasteiger partial charge in [-0.1, -0.05) is 38.3 Å². The van der Waals surface area contributed by atoms with Crippen LogP contribution in [0.2, 0.25) is 0 Å². The second-order valence-corrected chi connectivity index (χ2v) is 6.33. The molecule has 3 rings (SSSR count). The largest absolute Gasteiger partial charge is 0.274 e. The van der Waals surface area contributed by atoms with Gasteiger partial charge in [0.05, 0.1) is 0 Å². The number of nitrogens with two attached hydrogens (primary N) is 1. The van der Waals surface area contributed by atoms with Crippen LogP contribution in [-0.2, 0) is 0 Å². The molecule has 1 aromatic carbocycles. The van der Waals surface area contributed by atoms with Crippen molar-refractivity contribution in [1.82, 2.24) is 0 Å². The van der Waals surface area contributed by atoms with Gasteiger partial charge in [0.15, 0.2) is 0 Å². The third kappa shape index (κ3) is 1.73. The Bertz CT molecular complexity index is 392. The monoisotopic (exact) mass is 247 g/mol. The lowest BCUT2D eigenvalue weighted by Gasteiger charge is -2.08. The minimum atomic E-state index is 0.687. The fraction of sp³-hybridized carbons (Fsp3) is 0.600. The second kappa shape index (κ2) is 4.33. The summed E-state index contributed by atoms with van der Waals surface area (Å²) in [5.74, 6) is 1.79. The van der Waals surface area contributed by atoms with E-state index in [-0.39, 0.29) is 0 Å². The van der Waals surface area contributed by atoms with Gasteiger partial charge < -0.3 is 0 Å². The van der Waals surface area contributed by atoms with Crippen LogP contribution in [-0.4, -0.2) is 0 Å². The van der Waals surface area contributed by atoms with Crippen LogP contribution in [0.1, 0.15) is 50.5 Å². The number of rotatable bonds is 3. The average Bonchev–Trinajstić information content (AvgIpc) is 2.72. The first kappa shape index (κ1) is 11.6. The minimum absolute atomic E-state index is 0.687. The van der Waals surface area contributed by atoms with Gasteiger partial charge in [-0.15, -0.1) is 0 Å². The van der Waals surface area contributed by atoms with Crippen molar-refractivity contribution in [2.24, 2.45) is 16.5 Å². The Labute approximate surface area is 108 Å². The molecule has 2 heteroatoms. The first-order valence-corrected chi connectivity index (χ1v) is 7.66. The maximum Gasteiger partial charge on any atom is 0.0226 e. The predicted octanol–water partition coefficient (Wildman–Crippen LogP) is 4.34. The van der Waals surface area contributed by atoms with Crippen molar-refractivity contribution >= 4 is 11.9 Å². The summed E-state index contributed by atoms with van der Waals surface area (Å²) in [7, 11) is 0. The van der Waals surface area contributed by atoms with Gasteiger partial charge in [0.25, 0.3) is 0 Å². The van der Waals surface area contributed by atoms with E-state index in [1.165, 1.54) is 48.9 Å². The second-order valence-electron chi connectivity index (χ2n) is 5.62. The van der Waals surface area contributed by atoms with Gasteiger partial charge in [0.2, 0.25) is 0 Å². The zero-order valence-electron chi connectivity index (χ0n) is 10.5. The summed E-state index contributed by atoms with van der Waals surface area (Å²) >= 11 is 1.34. The van der Waals surface area contributed by atoms with E-state index in [0.717, 1.165) is 11.8 Å².